The molecular weight excluding hydrogens is 502 g/mol. The van der Waals surface area contributed by atoms with Crippen LogP contribution in [0, 0.1) is 0 Å². The predicted octanol–water partition coefficient (Wildman–Crippen LogP) is 7.84. The molecule has 0 radical (unpaired) electrons. The van der Waals surface area contributed by atoms with Crippen LogP contribution in [0.25, 0.3) is 0 Å². The molecule has 232 valence electrons. The van der Waals surface area contributed by atoms with Crippen LogP contribution in [0.3, 0.4) is 0 Å². The third-order valence-electron chi connectivity index (χ3n) is 8.54. The maximum absolute atomic E-state index is 12.0. The van der Waals surface area contributed by atoms with Crippen molar-refractivity contribution >= 4 is 11.7 Å². The molecule has 40 heavy (non-hydrogen) atoms. The SMILES string of the molecule is CCCCCCCCCCCC[C@@H](O)[C@H]1CC[C@H]([C@H](O)CCCCCCCCCCC(=O)Nc2ccnn2C)O1. The summed E-state index contributed by atoms with van der Waals surface area (Å²) in [7, 11) is 1.82. The maximum atomic E-state index is 12.0. The Bertz CT molecular complexity index is 756. The maximum Gasteiger partial charge on any atom is 0.225 e. The van der Waals surface area contributed by atoms with E-state index in [4.69, 9.17) is 4.74 Å². The molecule has 2 heterocycles. The molecule has 0 spiro atoms. The van der Waals surface area contributed by atoms with Crippen molar-refractivity contribution in [2.45, 2.75) is 179 Å². The Morgan fingerprint density at radius 3 is 1.73 bits per heavy atom. The molecule has 0 aromatic carbocycles. The largest absolute Gasteiger partial charge is 0.390 e. The van der Waals surface area contributed by atoms with E-state index < -0.39 is 6.10 Å². The standard InChI is InChI=1S/C33H61N3O4/c1-3-4-5-6-7-8-9-12-15-18-21-28(37)30-24-25-31(40-30)29(38)22-19-16-13-10-11-14-17-20-23-33(39)35-32-26-27-34-36(32)2/h26-31,37-38H,3-25H2,1-2H3,(H,35,39)/t28-,29-,30-,31-/m1/s1. The van der Waals surface area contributed by atoms with E-state index in [0.717, 1.165) is 63.6 Å². The molecule has 7 heteroatoms. The lowest BCUT2D eigenvalue weighted by molar-refractivity contribution is -0.116. The van der Waals surface area contributed by atoms with Crippen LogP contribution in [0.1, 0.15) is 155 Å². The second-order valence-electron chi connectivity index (χ2n) is 12.2. The average molecular weight is 564 g/mol. The van der Waals surface area contributed by atoms with Crippen LogP contribution in [0.4, 0.5) is 5.82 Å². The highest BCUT2D eigenvalue weighted by molar-refractivity contribution is 5.89. The summed E-state index contributed by atoms with van der Waals surface area (Å²) in [6, 6.07) is 1.80. The van der Waals surface area contributed by atoms with Crippen LogP contribution >= 0.6 is 0 Å². The Hall–Kier alpha value is -1.44. The third-order valence-corrected chi connectivity index (χ3v) is 8.54. The monoisotopic (exact) mass is 563 g/mol. The van der Waals surface area contributed by atoms with Gasteiger partial charge < -0.3 is 20.3 Å². The van der Waals surface area contributed by atoms with E-state index in [-0.39, 0.29) is 24.2 Å². The van der Waals surface area contributed by atoms with Gasteiger partial charge in [0.15, 0.2) is 0 Å². The van der Waals surface area contributed by atoms with E-state index in [1.54, 1.807) is 16.9 Å². The molecule has 0 unspecified atom stereocenters. The van der Waals surface area contributed by atoms with Gasteiger partial charge in [-0.3, -0.25) is 9.48 Å². The molecule has 1 saturated heterocycles. The van der Waals surface area contributed by atoms with E-state index >= 15 is 0 Å². The van der Waals surface area contributed by atoms with Gasteiger partial charge >= 0.3 is 0 Å². The number of anilines is 1. The minimum Gasteiger partial charge on any atom is -0.390 e. The van der Waals surface area contributed by atoms with Crippen LogP contribution < -0.4 is 5.32 Å². The Morgan fingerprint density at radius 1 is 0.825 bits per heavy atom. The summed E-state index contributed by atoms with van der Waals surface area (Å²) < 4.78 is 7.75. The van der Waals surface area contributed by atoms with Crippen molar-refractivity contribution in [3.8, 4) is 0 Å². The number of amides is 1. The number of hydrogen-bond acceptors (Lipinski definition) is 5. The number of unbranched alkanes of at least 4 members (excludes halogenated alkanes) is 16. The molecular formula is C33H61N3O4. The second kappa shape index (κ2) is 22.2. The lowest BCUT2D eigenvalue weighted by Gasteiger charge is -2.22. The molecule has 2 rings (SSSR count). The number of carbonyl (C=O) groups excluding carboxylic acids is 1. The molecule has 4 atom stereocenters. The van der Waals surface area contributed by atoms with E-state index in [1.807, 2.05) is 7.05 Å². The first kappa shape index (κ1) is 34.8. The smallest absolute Gasteiger partial charge is 0.225 e. The minimum atomic E-state index is -0.410. The summed E-state index contributed by atoms with van der Waals surface area (Å²) in [5.74, 6) is 0.801. The van der Waals surface area contributed by atoms with Gasteiger partial charge in [0.25, 0.3) is 0 Å². The Balaban J connectivity index is 1.37. The van der Waals surface area contributed by atoms with E-state index in [9.17, 15) is 15.0 Å². The Kier molecular flexibility index (Phi) is 19.3. The van der Waals surface area contributed by atoms with Gasteiger partial charge in [-0.05, 0) is 32.1 Å². The zero-order valence-electron chi connectivity index (χ0n) is 25.8. The first-order valence-electron chi connectivity index (χ1n) is 16.8. The topological polar surface area (TPSA) is 96.6 Å². The zero-order chi connectivity index (χ0) is 28.8. The number of ether oxygens (including phenoxy) is 1. The number of nitrogens with one attached hydrogen (secondary N) is 1. The van der Waals surface area contributed by atoms with Crippen molar-refractivity contribution in [3.63, 3.8) is 0 Å². The number of aryl methyl sites for hydroxylation is 1. The fourth-order valence-corrected chi connectivity index (χ4v) is 5.87. The Labute approximate surface area is 244 Å². The van der Waals surface area contributed by atoms with Crippen LogP contribution in [0.15, 0.2) is 12.3 Å². The quantitative estimate of drug-likeness (QED) is 0.105. The van der Waals surface area contributed by atoms with Crippen molar-refractivity contribution in [2.24, 2.45) is 7.05 Å². The third kappa shape index (κ3) is 15.5. The summed E-state index contributed by atoms with van der Waals surface area (Å²) in [6.07, 6.45) is 26.6. The van der Waals surface area contributed by atoms with Crippen molar-refractivity contribution in [2.75, 3.05) is 5.32 Å². The number of aromatic nitrogens is 2. The highest BCUT2D eigenvalue weighted by atomic mass is 16.5. The molecule has 3 N–H and O–H groups in total. The molecule has 0 aliphatic carbocycles. The van der Waals surface area contributed by atoms with Gasteiger partial charge in [0.2, 0.25) is 5.91 Å². The van der Waals surface area contributed by atoms with E-state index in [0.29, 0.717) is 6.42 Å². The molecule has 1 amide bonds. The predicted molar refractivity (Wildman–Crippen MR) is 164 cm³/mol. The van der Waals surface area contributed by atoms with Crippen molar-refractivity contribution in [1.29, 1.82) is 0 Å². The number of nitrogens with zero attached hydrogens (tertiary/aromatic N) is 2. The number of hydrogen-bond donors (Lipinski definition) is 3. The van der Waals surface area contributed by atoms with Gasteiger partial charge in [0.05, 0.1) is 30.6 Å². The summed E-state index contributed by atoms with van der Waals surface area (Å²) >= 11 is 0. The van der Waals surface area contributed by atoms with Gasteiger partial charge in [-0.1, -0.05) is 116 Å². The normalized spacial score (nSPS) is 18.7. The number of aliphatic hydroxyl groups excluding tert-OH is 2. The van der Waals surface area contributed by atoms with Gasteiger partial charge in [0, 0.05) is 19.5 Å². The van der Waals surface area contributed by atoms with Crippen molar-refractivity contribution in [1.82, 2.24) is 9.78 Å². The fraction of sp³-hybridized carbons (Fsp3) is 0.879. The van der Waals surface area contributed by atoms with Gasteiger partial charge in [0.1, 0.15) is 5.82 Å². The molecule has 0 bridgehead atoms. The summed E-state index contributed by atoms with van der Waals surface area (Å²) in [5.41, 5.74) is 0. The van der Waals surface area contributed by atoms with E-state index in [1.165, 1.54) is 83.5 Å². The van der Waals surface area contributed by atoms with Crippen LogP contribution in [0.2, 0.25) is 0 Å². The molecule has 0 saturated carbocycles. The first-order valence-corrected chi connectivity index (χ1v) is 16.8. The molecule has 1 aromatic rings. The van der Waals surface area contributed by atoms with Crippen LogP contribution in [0.5, 0.6) is 0 Å². The lowest BCUT2D eigenvalue weighted by Crippen LogP contribution is -2.31. The minimum absolute atomic E-state index is 0.0586. The van der Waals surface area contributed by atoms with Gasteiger partial charge in [-0.25, -0.2) is 0 Å². The number of carbonyl (C=O) groups is 1. The summed E-state index contributed by atoms with van der Waals surface area (Å²) in [4.78, 5) is 12.0. The fourth-order valence-electron chi connectivity index (χ4n) is 5.87. The summed E-state index contributed by atoms with van der Waals surface area (Å²) in [6.45, 7) is 2.26. The summed E-state index contributed by atoms with van der Waals surface area (Å²) in [5, 5.41) is 28.1. The lowest BCUT2D eigenvalue weighted by atomic mass is 10.00. The van der Waals surface area contributed by atoms with Crippen molar-refractivity contribution < 1.29 is 19.7 Å². The highest BCUT2D eigenvalue weighted by Gasteiger charge is 2.33. The molecule has 1 aliphatic rings. The second-order valence-corrected chi connectivity index (χ2v) is 12.2. The van der Waals surface area contributed by atoms with E-state index in [2.05, 4.69) is 17.3 Å². The Morgan fingerprint density at radius 2 is 1.27 bits per heavy atom. The number of rotatable bonds is 25. The molecule has 1 aliphatic heterocycles. The molecule has 1 aromatic heterocycles. The highest BCUT2D eigenvalue weighted by Crippen LogP contribution is 2.28. The van der Waals surface area contributed by atoms with Crippen molar-refractivity contribution in [3.05, 3.63) is 12.3 Å². The molecule has 1 fully saturated rings. The van der Waals surface area contributed by atoms with Crippen LogP contribution in [-0.4, -0.2) is 50.3 Å². The number of aliphatic hydroxyl groups is 2. The zero-order valence-corrected chi connectivity index (χ0v) is 25.8. The van der Waals surface area contributed by atoms with Gasteiger partial charge in [-0.15, -0.1) is 0 Å². The van der Waals surface area contributed by atoms with Crippen LogP contribution in [-0.2, 0) is 16.6 Å². The van der Waals surface area contributed by atoms with Gasteiger partial charge in [-0.2, -0.15) is 5.10 Å². The molecule has 7 nitrogen and oxygen atoms in total. The first-order chi connectivity index (χ1) is 19.5. The average Bonchev–Trinajstić information content (AvgIpc) is 3.60.